The van der Waals surface area contributed by atoms with E-state index in [1.165, 1.54) is 0 Å². The lowest BCUT2D eigenvalue weighted by Gasteiger charge is -2.25. The molecule has 0 aliphatic rings. The summed E-state index contributed by atoms with van der Waals surface area (Å²) in [6, 6.07) is 11.9. The van der Waals surface area contributed by atoms with Crippen molar-refractivity contribution in [3.05, 3.63) is 78.8 Å². The maximum absolute atomic E-state index is 10.9. The number of hydrogen-bond acceptors (Lipinski definition) is 4. The highest BCUT2D eigenvalue weighted by Crippen LogP contribution is 2.32. The Morgan fingerprint density at radius 1 is 1.11 bits per heavy atom. The van der Waals surface area contributed by atoms with E-state index in [0.29, 0.717) is 31.1 Å². The van der Waals surface area contributed by atoms with Crippen LogP contribution in [-0.2, 0) is 18.7 Å². The first-order chi connectivity index (χ1) is 13.4. The topological polar surface area (TPSA) is 45.8 Å². The Labute approximate surface area is 169 Å². The van der Waals surface area contributed by atoms with Gasteiger partial charge in [-0.05, 0) is 24.1 Å². The first kappa shape index (κ1) is 22.0. The third-order valence-electron chi connectivity index (χ3n) is 4.67. The average molecular weight is 384 g/mol. The number of rotatable bonds is 12. The Balaban J connectivity index is 2.20. The molecule has 4 nitrogen and oxygen atoms in total. The molecule has 2 rings (SSSR count). The van der Waals surface area contributed by atoms with Crippen molar-refractivity contribution in [2.24, 2.45) is 5.92 Å². The minimum Gasteiger partial charge on any atom is -0.496 e. The predicted octanol–water partition coefficient (Wildman–Crippen LogP) is 5.29. The molecule has 1 aromatic heterocycles. The maximum Gasteiger partial charge on any atom is 0.136 e. The molecule has 0 aliphatic heterocycles. The lowest BCUT2D eigenvalue weighted by atomic mass is 9.93. The average Bonchev–Trinajstić information content (AvgIpc) is 3.11. The molecule has 1 heterocycles. The number of methoxy groups -OCH3 is 1. The molecule has 28 heavy (non-hydrogen) atoms. The van der Waals surface area contributed by atoms with Crippen LogP contribution in [0.15, 0.2) is 66.1 Å². The van der Waals surface area contributed by atoms with Crippen molar-refractivity contribution in [3.63, 3.8) is 0 Å². The zero-order valence-corrected chi connectivity index (χ0v) is 17.4. The van der Waals surface area contributed by atoms with Crippen molar-refractivity contribution in [1.29, 1.82) is 0 Å². The van der Waals surface area contributed by atoms with Crippen molar-refractivity contribution in [2.75, 3.05) is 13.7 Å². The Kier molecular flexibility index (Phi) is 8.09. The van der Waals surface area contributed by atoms with E-state index in [4.69, 9.17) is 9.15 Å². The summed E-state index contributed by atoms with van der Waals surface area (Å²) in [4.78, 5) is 2.34. The number of benzene rings is 1. The molecular weight excluding hydrogens is 350 g/mol. The quantitative estimate of drug-likeness (QED) is 0.506. The summed E-state index contributed by atoms with van der Waals surface area (Å²) < 4.78 is 11.5. The minimum absolute atomic E-state index is 0.420. The van der Waals surface area contributed by atoms with Crippen LogP contribution in [0.4, 0.5) is 0 Å². The van der Waals surface area contributed by atoms with Crippen molar-refractivity contribution in [2.45, 2.75) is 45.4 Å². The Bertz CT molecular complexity index is 753. The summed E-state index contributed by atoms with van der Waals surface area (Å²) in [6.07, 6.45) is 4.25. The molecule has 152 valence electrons. The van der Waals surface area contributed by atoms with E-state index in [-0.39, 0.29) is 0 Å². The highest BCUT2D eigenvalue weighted by atomic mass is 16.5. The molecule has 0 aliphatic carbocycles. The second-order valence-corrected chi connectivity index (χ2v) is 7.66. The van der Waals surface area contributed by atoms with Gasteiger partial charge in [0.2, 0.25) is 0 Å². The zero-order valence-electron chi connectivity index (χ0n) is 17.4. The van der Waals surface area contributed by atoms with E-state index in [1.54, 1.807) is 19.3 Å². The predicted molar refractivity (Wildman–Crippen MR) is 114 cm³/mol. The van der Waals surface area contributed by atoms with E-state index in [0.717, 1.165) is 30.2 Å². The lowest BCUT2D eigenvalue weighted by molar-refractivity contribution is 0.0186. The maximum atomic E-state index is 10.9. The van der Waals surface area contributed by atoms with Gasteiger partial charge in [0, 0.05) is 31.5 Å². The van der Waals surface area contributed by atoms with Gasteiger partial charge in [-0.1, -0.05) is 44.2 Å². The van der Waals surface area contributed by atoms with Crippen LogP contribution in [0.3, 0.4) is 0 Å². The number of furan rings is 1. The Morgan fingerprint density at radius 3 is 2.39 bits per heavy atom. The number of nitrogens with zero attached hydrogens (tertiary/aromatic N) is 1. The lowest BCUT2D eigenvalue weighted by Crippen LogP contribution is -2.27. The fraction of sp³-hybridized carbons (Fsp3) is 0.417. The number of hydrogen-bond donors (Lipinski definition) is 1. The van der Waals surface area contributed by atoms with Gasteiger partial charge in [0.1, 0.15) is 22.9 Å². The van der Waals surface area contributed by atoms with Crippen molar-refractivity contribution >= 4 is 0 Å². The van der Waals surface area contributed by atoms with Crippen LogP contribution < -0.4 is 4.74 Å². The molecule has 0 atom stereocenters. The number of ether oxygens (including phenoxy) is 1. The highest BCUT2D eigenvalue weighted by molar-refractivity contribution is 5.33. The summed E-state index contributed by atoms with van der Waals surface area (Å²) in [7, 11) is 1.70. The third kappa shape index (κ3) is 5.85. The second kappa shape index (κ2) is 10.3. The normalized spacial score (nSPS) is 11.8. The van der Waals surface area contributed by atoms with Gasteiger partial charge < -0.3 is 14.3 Å². The van der Waals surface area contributed by atoms with Gasteiger partial charge in [-0.2, -0.15) is 0 Å². The molecule has 0 radical (unpaired) electrons. The fourth-order valence-corrected chi connectivity index (χ4v) is 3.47. The molecule has 0 saturated carbocycles. The molecule has 0 unspecified atom stereocenters. The van der Waals surface area contributed by atoms with Gasteiger partial charge >= 0.3 is 0 Å². The Morgan fingerprint density at radius 2 is 1.79 bits per heavy atom. The van der Waals surface area contributed by atoms with Crippen molar-refractivity contribution in [1.82, 2.24) is 4.90 Å². The van der Waals surface area contributed by atoms with Crippen LogP contribution in [0.2, 0.25) is 0 Å². The number of aliphatic hydroxyl groups is 1. The molecule has 0 spiro atoms. The molecule has 0 amide bonds. The number of para-hydroxylation sites is 1. The molecular formula is C24H33NO3. The summed E-state index contributed by atoms with van der Waals surface area (Å²) in [5, 5.41) is 10.9. The molecule has 2 aromatic rings. The third-order valence-corrected chi connectivity index (χ3v) is 4.67. The Hall–Kier alpha value is -2.30. The molecule has 0 saturated heterocycles. The van der Waals surface area contributed by atoms with E-state index in [9.17, 15) is 5.11 Å². The highest BCUT2D eigenvalue weighted by Gasteiger charge is 2.30. The van der Waals surface area contributed by atoms with Crippen LogP contribution in [0, 0.1) is 5.92 Å². The largest absolute Gasteiger partial charge is 0.496 e. The van der Waals surface area contributed by atoms with Gasteiger partial charge in [0.15, 0.2) is 0 Å². The van der Waals surface area contributed by atoms with E-state index in [1.807, 2.05) is 30.3 Å². The molecule has 4 heteroatoms. The summed E-state index contributed by atoms with van der Waals surface area (Å²) in [5.41, 5.74) is 0.0556. The van der Waals surface area contributed by atoms with Crippen LogP contribution in [-0.4, -0.2) is 23.7 Å². The summed E-state index contributed by atoms with van der Waals surface area (Å²) in [6.45, 7) is 14.3. The van der Waals surface area contributed by atoms with Gasteiger partial charge in [0.05, 0.1) is 13.7 Å². The van der Waals surface area contributed by atoms with Crippen LogP contribution in [0.5, 0.6) is 5.75 Å². The molecule has 1 N–H and O–H groups in total. The van der Waals surface area contributed by atoms with E-state index >= 15 is 0 Å². The monoisotopic (exact) mass is 383 g/mol. The van der Waals surface area contributed by atoms with Gasteiger partial charge in [0.25, 0.3) is 0 Å². The van der Waals surface area contributed by atoms with Gasteiger partial charge in [-0.3, -0.25) is 4.90 Å². The SMILES string of the molecule is C=CCC(O)(CC=C)c1ccc(CN(Cc2ccccc2OC)CC(C)C)o1. The van der Waals surface area contributed by atoms with E-state index in [2.05, 4.69) is 38.0 Å². The minimum atomic E-state index is -1.09. The van der Waals surface area contributed by atoms with Crippen molar-refractivity contribution < 1.29 is 14.3 Å². The van der Waals surface area contributed by atoms with Crippen LogP contribution in [0.1, 0.15) is 43.8 Å². The first-order valence-corrected chi connectivity index (χ1v) is 9.79. The second-order valence-electron chi connectivity index (χ2n) is 7.66. The van der Waals surface area contributed by atoms with E-state index < -0.39 is 5.60 Å². The zero-order chi connectivity index (χ0) is 20.6. The molecule has 1 aromatic carbocycles. The summed E-state index contributed by atoms with van der Waals surface area (Å²) >= 11 is 0. The summed E-state index contributed by atoms with van der Waals surface area (Å²) in [5.74, 6) is 2.80. The smallest absolute Gasteiger partial charge is 0.136 e. The van der Waals surface area contributed by atoms with Crippen LogP contribution >= 0.6 is 0 Å². The van der Waals surface area contributed by atoms with Crippen LogP contribution in [0.25, 0.3) is 0 Å². The van der Waals surface area contributed by atoms with Gasteiger partial charge in [-0.25, -0.2) is 0 Å². The standard InChI is InChI=1S/C24H33NO3/c1-6-14-24(26,15-7-2)23-13-12-21(28-23)18-25(16-19(3)4)17-20-10-8-9-11-22(20)27-5/h6-13,19,26H,1-2,14-18H2,3-5H3. The first-order valence-electron chi connectivity index (χ1n) is 9.79. The molecule has 0 bridgehead atoms. The van der Waals surface area contributed by atoms with Crippen molar-refractivity contribution in [3.8, 4) is 5.75 Å². The molecule has 0 fully saturated rings. The van der Waals surface area contributed by atoms with Gasteiger partial charge in [-0.15, -0.1) is 13.2 Å². The fourth-order valence-electron chi connectivity index (χ4n) is 3.47.